The zero-order valence-corrected chi connectivity index (χ0v) is 5.03. The number of aliphatic hydroxyl groups excluding tert-OH is 2. The average molecular weight is 133 g/mol. The molecule has 9 heavy (non-hydrogen) atoms. The first-order valence-corrected chi connectivity index (χ1v) is 2.95. The van der Waals surface area contributed by atoms with Crippen LogP contribution in [0.1, 0.15) is 6.42 Å². The van der Waals surface area contributed by atoms with Crippen LogP contribution in [0.15, 0.2) is 0 Å². The summed E-state index contributed by atoms with van der Waals surface area (Å²) < 4.78 is 4.73. The Hall–Kier alpha value is -0.160. The first-order chi connectivity index (χ1) is 4.22. The van der Waals surface area contributed by atoms with Gasteiger partial charge in [-0.15, -0.1) is 0 Å². The van der Waals surface area contributed by atoms with E-state index in [4.69, 9.17) is 20.7 Å². The fraction of sp³-hybridized carbons (Fsp3) is 1.00. The first kappa shape index (κ1) is 6.95. The van der Waals surface area contributed by atoms with Crippen molar-refractivity contribution in [3.05, 3.63) is 0 Å². The van der Waals surface area contributed by atoms with Crippen molar-refractivity contribution in [3.8, 4) is 0 Å². The molecule has 0 radical (unpaired) electrons. The normalized spacial score (nSPS) is 45.0. The van der Waals surface area contributed by atoms with E-state index in [9.17, 15) is 0 Å². The Balaban J connectivity index is 2.41. The smallest absolute Gasteiger partial charge is 0.172 e. The average Bonchev–Trinajstić information content (AvgIpc) is 1.83. The lowest BCUT2D eigenvalue weighted by Gasteiger charge is -2.28. The van der Waals surface area contributed by atoms with E-state index in [1.54, 1.807) is 0 Å². The monoisotopic (exact) mass is 133 g/mol. The Morgan fingerprint density at radius 1 is 1.44 bits per heavy atom. The van der Waals surface area contributed by atoms with Crippen molar-refractivity contribution in [1.29, 1.82) is 0 Å². The maximum absolute atomic E-state index is 8.98. The molecule has 1 aliphatic heterocycles. The van der Waals surface area contributed by atoms with Gasteiger partial charge in [0.05, 0.1) is 18.8 Å². The Kier molecular flexibility index (Phi) is 2.02. The van der Waals surface area contributed by atoms with E-state index in [2.05, 4.69) is 0 Å². The zero-order valence-electron chi connectivity index (χ0n) is 5.03. The van der Waals surface area contributed by atoms with Crippen molar-refractivity contribution >= 4 is 0 Å². The second-order valence-corrected chi connectivity index (χ2v) is 2.19. The Morgan fingerprint density at radius 2 is 2.11 bits per heavy atom. The molecule has 54 valence electrons. The van der Waals surface area contributed by atoms with Gasteiger partial charge < -0.3 is 20.7 Å². The van der Waals surface area contributed by atoms with E-state index in [0.717, 1.165) is 0 Å². The van der Waals surface area contributed by atoms with Crippen LogP contribution in [0.3, 0.4) is 0 Å². The molecule has 0 aromatic rings. The van der Waals surface area contributed by atoms with E-state index in [1.165, 1.54) is 0 Å². The van der Waals surface area contributed by atoms with Gasteiger partial charge in [-0.05, 0) is 6.42 Å². The maximum atomic E-state index is 8.98. The van der Waals surface area contributed by atoms with E-state index >= 15 is 0 Å². The summed E-state index contributed by atoms with van der Waals surface area (Å²) in [4.78, 5) is 0. The number of nitrogens with two attached hydrogens (primary N) is 1. The van der Waals surface area contributed by atoms with Crippen molar-refractivity contribution < 1.29 is 14.9 Å². The van der Waals surface area contributed by atoms with Gasteiger partial charge in [0.25, 0.3) is 0 Å². The molecular formula is C5H11NO3. The standard InChI is InChI=1S/C5H11NO3/c6-4-3(7)1-2-9-5(4)8/h3-5,7-8H,1-2,6H2/t3?,4-,5+/m1/s1. The summed E-state index contributed by atoms with van der Waals surface area (Å²) in [6.45, 7) is 0.385. The summed E-state index contributed by atoms with van der Waals surface area (Å²) in [7, 11) is 0. The summed E-state index contributed by atoms with van der Waals surface area (Å²) in [6.07, 6.45) is -1.10. The number of hydrogen-bond acceptors (Lipinski definition) is 4. The topological polar surface area (TPSA) is 75.7 Å². The number of ether oxygens (including phenoxy) is 1. The lowest BCUT2D eigenvalue weighted by Crippen LogP contribution is -2.50. The first-order valence-electron chi connectivity index (χ1n) is 2.95. The second-order valence-electron chi connectivity index (χ2n) is 2.19. The van der Waals surface area contributed by atoms with E-state index in [0.29, 0.717) is 13.0 Å². The third kappa shape index (κ3) is 1.40. The highest BCUT2D eigenvalue weighted by Gasteiger charge is 2.27. The minimum Gasteiger partial charge on any atom is -0.391 e. The predicted octanol–water partition coefficient (Wildman–Crippen LogP) is -1.59. The number of hydrogen-bond donors (Lipinski definition) is 3. The molecule has 1 rings (SSSR count). The molecule has 1 heterocycles. The fourth-order valence-corrected chi connectivity index (χ4v) is 0.803. The number of aliphatic hydroxyl groups is 2. The molecule has 0 amide bonds. The van der Waals surface area contributed by atoms with Crippen LogP contribution in [-0.2, 0) is 4.74 Å². The van der Waals surface area contributed by atoms with Crippen LogP contribution in [0.5, 0.6) is 0 Å². The van der Waals surface area contributed by atoms with Gasteiger partial charge in [-0.2, -0.15) is 0 Å². The summed E-state index contributed by atoms with van der Waals surface area (Å²) in [6, 6.07) is -0.640. The molecule has 1 unspecified atom stereocenters. The van der Waals surface area contributed by atoms with Gasteiger partial charge in [-0.1, -0.05) is 0 Å². The summed E-state index contributed by atoms with van der Waals surface area (Å²) in [5, 5.41) is 17.8. The van der Waals surface area contributed by atoms with Crippen molar-refractivity contribution in [2.24, 2.45) is 5.73 Å². The van der Waals surface area contributed by atoms with Crippen LogP contribution in [0.25, 0.3) is 0 Å². The van der Waals surface area contributed by atoms with Crippen molar-refractivity contribution in [3.63, 3.8) is 0 Å². The predicted molar refractivity (Wildman–Crippen MR) is 30.6 cm³/mol. The van der Waals surface area contributed by atoms with E-state index < -0.39 is 18.4 Å². The third-order valence-corrected chi connectivity index (χ3v) is 1.48. The molecule has 0 aromatic heterocycles. The lowest BCUT2D eigenvalue weighted by atomic mass is 10.1. The number of rotatable bonds is 0. The molecule has 1 aliphatic rings. The summed E-state index contributed by atoms with van der Waals surface area (Å²) >= 11 is 0. The van der Waals surface area contributed by atoms with Crippen molar-refractivity contribution in [1.82, 2.24) is 0 Å². The largest absolute Gasteiger partial charge is 0.391 e. The Bertz CT molecular complexity index is 88.2. The maximum Gasteiger partial charge on any atom is 0.172 e. The van der Waals surface area contributed by atoms with Crippen LogP contribution in [-0.4, -0.2) is 35.3 Å². The Morgan fingerprint density at radius 3 is 2.56 bits per heavy atom. The van der Waals surface area contributed by atoms with Gasteiger partial charge >= 0.3 is 0 Å². The quantitative estimate of drug-likeness (QED) is 0.372. The van der Waals surface area contributed by atoms with Gasteiger partial charge in [-0.25, -0.2) is 0 Å². The molecule has 3 atom stereocenters. The second kappa shape index (κ2) is 2.62. The lowest BCUT2D eigenvalue weighted by molar-refractivity contribution is -0.165. The minimum absolute atomic E-state index is 0.385. The van der Waals surface area contributed by atoms with Crippen LogP contribution in [0.2, 0.25) is 0 Å². The van der Waals surface area contributed by atoms with Crippen molar-refractivity contribution in [2.45, 2.75) is 24.9 Å². The molecule has 4 N–H and O–H groups in total. The molecule has 1 saturated heterocycles. The van der Waals surface area contributed by atoms with Gasteiger partial charge in [0.15, 0.2) is 6.29 Å². The van der Waals surface area contributed by atoms with Crippen LogP contribution in [0, 0.1) is 0 Å². The van der Waals surface area contributed by atoms with Gasteiger partial charge in [0.2, 0.25) is 0 Å². The molecule has 0 aliphatic carbocycles. The molecule has 0 bridgehead atoms. The summed E-state index contributed by atoms with van der Waals surface area (Å²) in [5.41, 5.74) is 5.30. The van der Waals surface area contributed by atoms with Gasteiger partial charge in [0.1, 0.15) is 0 Å². The molecule has 0 spiro atoms. The molecule has 4 nitrogen and oxygen atoms in total. The molecular weight excluding hydrogens is 122 g/mol. The molecule has 0 aromatic carbocycles. The summed E-state index contributed by atoms with van der Waals surface area (Å²) in [5.74, 6) is 0. The minimum atomic E-state index is -0.992. The SMILES string of the molecule is N[C@@H]1C(O)CCO[C@@H]1O. The highest BCUT2D eigenvalue weighted by Crippen LogP contribution is 2.09. The molecule has 1 fully saturated rings. The van der Waals surface area contributed by atoms with Gasteiger partial charge in [0, 0.05) is 0 Å². The highest BCUT2D eigenvalue weighted by molar-refractivity contribution is 4.77. The van der Waals surface area contributed by atoms with Crippen molar-refractivity contribution in [2.75, 3.05) is 6.61 Å². The van der Waals surface area contributed by atoms with Gasteiger partial charge in [-0.3, -0.25) is 0 Å². The highest BCUT2D eigenvalue weighted by atomic mass is 16.6. The van der Waals surface area contributed by atoms with E-state index in [-0.39, 0.29) is 0 Å². The van der Waals surface area contributed by atoms with Crippen LogP contribution >= 0.6 is 0 Å². The Labute approximate surface area is 53.2 Å². The molecule has 4 heteroatoms. The fourth-order valence-electron chi connectivity index (χ4n) is 0.803. The van der Waals surface area contributed by atoms with E-state index in [1.807, 2.05) is 0 Å². The third-order valence-electron chi connectivity index (χ3n) is 1.48. The molecule has 0 saturated carbocycles. The van der Waals surface area contributed by atoms with Crippen LogP contribution < -0.4 is 5.73 Å². The zero-order chi connectivity index (χ0) is 6.85. The van der Waals surface area contributed by atoms with Crippen LogP contribution in [0.4, 0.5) is 0 Å².